The highest BCUT2D eigenvalue weighted by Crippen LogP contribution is 2.35. The molecular weight excluding hydrogens is 365 g/mol. The molecule has 6 nitrogen and oxygen atoms in total. The second kappa shape index (κ2) is 8.61. The number of furan rings is 1. The van der Waals surface area contributed by atoms with Crippen molar-refractivity contribution in [2.24, 2.45) is 0 Å². The topological polar surface area (TPSA) is 71.8 Å². The molecule has 2 aromatic rings. The Balaban J connectivity index is 2.13. The van der Waals surface area contributed by atoms with E-state index in [9.17, 15) is 22.8 Å². The van der Waals surface area contributed by atoms with E-state index >= 15 is 0 Å². The number of nitrogens with zero attached hydrogens (tertiary/aromatic N) is 1. The summed E-state index contributed by atoms with van der Waals surface area (Å²) >= 11 is 0. The van der Waals surface area contributed by atoms with Gasteiger partial charge in [0.1, 0.15) is 5.75 Å². The maximum atomic E-state index is 12.9. The molecule has 0 unspecified atom stereocenters. The molecule has 146 valence electrons. The minimum Gasteiger partial charge on any atom is -0.491 e. The second-order valence-corrected chi connectivity index (χ2v) is 5.74. The normalized spacial score (nSPS) is 11.1. The number of hydrogen-bond acceptors (Lipinski definition) is 4. The van der Waals surface area contributed by atoms with E-state index in [1.807, 2.05) is 6.92 Å². The largest absolute Gasteiger partial charge is 0.491 e. The Kier molecular flexibility index (Phi) is 6.49. The van der Waals surface area contributed by atoms with Crippen molar-refractivity contribution in [2.75, 3.05) is 25.5 Å². The van der Waals surface area contributed by atoms with Crippen molar-refractivity contribution in [3.05, 3.63) is 47.9 Å². The zero-order valence-electron chi connectivity index (χ0n) is 14.8. The number of rotatable bonds is 7. The molecule has 0 atom stereocenters. The summed E-state index contributed by atoms with van der Waals surface area (Å²) in [6, 6.07) is 5.82. The molecule has 27 heavy (non-hydrogen) atoms. The van der Waals surface area contributed by atoms with Gasteiger partial charge >= 0.3 is 6.18 Å². The molecule has 0 saturated heterocycles. The molecule has 0 fully saturated rings. The number of ether oxygens (including phenoxy) is 1. The van der Waals surface area contributed by atoms with Gasteiger partial charge in [0.2, 0.25) is 5.91 Å². The number of halogens is 3. The van der Waals surface area contributed by atoms with Crippen molar-refractivity contribution >= 4 is 17.5 Å². The van der Waals surface area contributed by atoms with E-state index < -0.39 is 23.6 Å². The average molecular weight is 384 g/mol. The van der Waals surface area contributed by atoms with Crippen LogP contribution in [0.5, 0.6) is 5.75 Å². The van der Waals surface area contributed by atoms with Gasteiger partial charge in [0.15, 0.2) is 5.76 Å². The monoisotopic (exact) mass is 384 g/mol. The van der Waals surface area contributed by atoms with Crippen LogP contribution in [0.25, 0.3) is 0 Å². The SMILES string of the molecule is CCCOc1ccc(C(F)(F)F)cc1NC(=O)CN(C)C(=O)c1ccco1. The lowest BCUT2D eigenvalue weighted by Crippen LogP contribution is -2.34. The van der Waals surface area contributed by atoms with Crippen LogP contribution in [-0.4, -0.2) is 36.9 Å². The first-order valence-corrected chi connectivity index (χ1v) is 8.15. The summed E-state index contributed by atoms with van der Waals surface area (Å²) in [5, 5.41) is 2.37. The number of carbonyl (C=O) groups is 2. The van der Waals surface area contributed by atoms with E-state index in [-0.39, 0.29) is 30.3 Å². The lowest BCUT2D eigenvalue weighted by molar-refractivity contribution is -0.137. The number of amides is 2. The van der Waals surface area contributed by atoms with Gasteiger partial charge in [0, 0.05) is 7.05 Å². The first-order chi connectivity index (χ1) is 12.7. The summed E-state index contributed by atoms with van der Waals surface area (Å²) < 4.78 is 49.2. The Hall–Kier alpha value is -2.97. The van der Waals surface area contributed by atoms with Crippen LogP contribution in [0.1, 0.15) is 29.5 Å². The van der Waals surface area contributed by atoms with Gasteiger partial charge in [0.05, 0.1) is 30.7 Å². The van der Waals surface area contributed by atoms with Crippen LogP contribution in [0, 0.1) is 0 Å². The number of hydrogen-bond donors (Lipinski definition) is 1. The van der Waals surface area contributed by atoms with Crippen LogP contribution in [0.2, 0.25) is 0 Å². The van der Waals surface area contributed by atoms with E-state index in [4.69, 9.17) is 9.15 Å². The highest BCUT2D eigenvalue weighted by molar-refractivity contribution is 5.98. The van der Waals surface area contributed by atoms with Gasteiger partial charge < -0.3 is 19.4 Å². The third-order valence-electron chi connectivity index (χ3n) is 3.50. The highest BCUT2D eigenvalue weighted by Gasteiger charge is 2.31. The molecule has 9 heteroatoms. The smallest absolute Gasteiger partial charge is 0.416 e. The predicted octanol–water partition coefficient (Wildman–Crippen LogP) is 3.80. The van der Waals surface area contributed by atoms with E-state index in [1.54, 1.807) is 0 Å². The molecule has 2 amide bonds. The predicted molar refractivity (Wildman–Crippen MR) is 91.5 cm³/mol. The van der Waals surface area contributed by atoms with Gasteiger partial charge in [-0.05, 0) is 36.8 Å². The molecule has 0 saturated carbocycles. The third-order valence-corrected chi connectivity index (χ3v) is 3.50. The molecule has 0 spiro atoms. The molecule has 1 N–H and O–H groups in total. The van der Waals surface area contributed by atoms with Crippen molar-refractivity contribution in [3.63, 3.8) is 0 Å². The van der Waals surface area contributed by atoms with Crippen LogP contribution in [-0.2, 0) is 11.0 Å². The molecule has 1 heterocycles. The summed E-state index contributed by atoms with van der Waals surface area (Å²) in [7, 11) is 1.38. The minimum absolute atomic E-state index is 0.0522. The number of benzene rings is 1. The second-order valence-electron chi connectivity index (χ2n) is 5.74. The van der Waals surface area contributed by atoms with E-state index in [1.165, 1.54) is 25.4 Å². The Morgan fingerprint density at radius 3 is 2.59 bits per heavy atom. The molecular formula is C18H19F3N2O4. The number of carbonyl (C=O) groups excluding carboxylic acids is 2. The van der Waals surface area contributed by atoms with Crippen molar-refractivity contribution in [3.8, 4) is 5.75 Å². The van der Waals surface area contributed by atoms with E-state index in [0.717, 1.165) is 23.1 Å². The Labute approximate surface area is 153 Å². The van der Waals surface area contributed by atoms with Crippen molar-refractivity contribution < 1.29 is 31.9 Å². The highest BCUT2D eigenvalue weighted by atomic mass is 19.4. The van der Waals surface area contributed by atoms with Gasteiger partial charge in [0.25, 0.3) is 5.91 Å². The third kappa shape index (κ3) is 5.50. The molecule has 2 rings (SSSR count). The minimum atomic E-state index is -4.56. The average Bonchev–Trinajstić information content (AvgIpc) is 3.13. The van der Waals surface area contributed by atoms with Gasteiger partial charge in [-0.2, -0.15) is 13.2 Å². The Bertz CT molecular complexity index is 788. The van der Waals surface area contributed by atoms with Crippen LogP contribution < -0.4 is 10.1 Å². The number of nitrogens with one attached hydrogen (secondary N) is 1. The first kappa shape index (κ1) is 20.3. The summed E-state index contributed by atoms with van der Waals surface area (Å²) in [4.78, 5) is 25.4. The van der Waals surface area contributed by atoms with Gasteiger partial charge in [-0.1, -0.05) is 6.92 Å². The Morgan fingerprint density at radius 2 is 2.00 bits per heavy atom. The zero-order chi connectivity index (χ0) is 20.0. The van der Waals surface area contributed by atoms with Gasteiger partial charge in [-0.3, -0.25) is 9.59 Å². The molecule has 0 aliphatic carbocycles. The van der Waals surface area contributed by atoms with Crippen molar-refractivity contribution in [2.45, 2.75) is 19.5 Å². The Morgan fingerprint density at radius 1 is 1.26 bits per heavy atom. The van der Waals surface area contributed by atoms with Crippen LogP contribution in [0.3, 0.4) is 0 Å². The first-order valence-electron chi connectivity index (χ1n) is 8.15. The molecule has 0 aliphatic rings. The zero-order valence-corrected chi connectivity index (χ0v) is 14.8. The van der Waals surface area contributed by atoms with Crippen LogP contribution in [0.15, 0.2) is 41.0 Å². The lowest BCUT2D eigenvalue weighted by Gasteiger charge is -2.18. The summed E-state index contributed by atoms with van der Waals surface area (Å²) in [6.45, 7) is 1.76. The lowest BCUT2D eigenvalue weighted by atomic mass is 10.1. The van der Waals surface area contributed by atoms with Crippen molar-refractivity contribution in [1.29, 1.82) is 0 Å². The maximum absolute atomic E-state index is 12.9. The summed E-state index contributed by atoms with van der Waals surface area (Å²) in [5.41, 5.74) is -1.02. The fourth-order valence-corrected chi connectivity index (χ4v) is 2.21. The molecule has 1 aromatic heterocycles. The van der Waals surface area contributed by atoms with Crippen molar-refractivity contribution in [1.82, 2.24) is 4.90 Å². The summed E-state index contributed by atoms with van der Waals surface area (Å²) in [5.74, 6) is -1.02. The van der Waals surface area contributed by atoms with E-state index in [2.05, 4.69) is 5.32 Å². The number of anilines is 1. The molecule has 0 bridgehead atoms. The fraction of sp³-hybridized carbons (Fsp3) is 0.333. The molecule has 0 radical (unpaired) electrons. The molecule has 1 aromatic carbocycles. The molecule has 0 aliphatic heterocycles. The fourth-order valence-electron chi connectivity index (χ4n) is 2.21. The number of likely N-dealkylation sites (N-methyl/N-ethyl adjacent to an activating group) is 1. The van der Waals surface area contributed by atoms with Gasteiger partial charge in [-0.25, -0.2) is 0 Å². The number of alkyl halides is 3. The standard InChI is InChI=1S/C18H19F3N2O4/c1-3-8-26-14-7-6-12(18(19,20)21)10-13(14)22-16(24)11-23(2)17(25)15-5-4-9-27-15/h4-7,9-10H,3,8,11H2,1-2H3,(H,22,24). The maximum Gasteiger partial charge on any atom is 0.416 e. The van der Waals surface area contributed by atoms with E-state index in [0.29, 0.717) is 6.42 Å². The van der Waals surface area contributed by atoms with Gasteiger partial charge in [-0.15, -0.1) is 0 Å². The van der Waals surface area contributed by atoms with Crippen LogP contribution >= 0.6 is 0 Å². The van der Waals surface area contributed by atoms with Crippen LogP contribution in [0.4, 0.5) is 18.9 Å². The quantitative estimate of drug-likeness (QED) is 0.788. The summed E-state index contributed by atoms with van der Waals surface area (Å²) in [6.07, 6.45) is -2.59.